The summed E-state index contributed by atoms with van der Waals surface area (Å²) in [7, 11) is 0. The number of hydrogen-bond donors (Lipinski definition) is 0. The third-order valence-electron chi connectivity index (χ3n) is 3.37. The van der Waals surface area contributed by atoms with Gasteiger partial charge < -0.3 is 4.74 Å². The fourth-order valence-corrected chi connectivity index (χ4v) is 3.26. The highest BCUT2D eigenvalue weighted by Crippen LogP contribution is 2.40. The average molecular weight is 232 g/mol. The third-order valence-corrected chi connectivity index (χ3v) is 4.33. The summed E-state index contributed by atoms with van der Waals surface area (Å²) in [5, 5.41) is 3.31. The van der Waals surface area contributed by atoms with Crippen LogP contribution < -0.4 is 0 Å². The number of carbonyl (C=O) groups is 1. The van der Waals surface area contributed by atoms with Gasteiger partial charge in [0, 0.05) is 4.70 Å². The lowest BCUT2D eigenvalue weighted by molar-refractivity contribution is -0.140. The molecule has 3 rings (SSSR count). The first-order valence-corrected chi connectivity index (χ1v) is 6.17. The number of hydrogen-bond acceptors (Lipinski definition) is 3. The van der Waals surface area contributed by atoms with Gasteiger partial charge in [-0.15, -0.1) is 11.3 Å². The minimum absolute atomic E-state index is 0.210. The van der Waals surface area contributed by atoms with Crippen molar-refractivity contribution in [3.05, 3.63) is 35.2 Å². The van der Waals surface area contributed by atoms with Gasteiger partial charge in [0.25, 0.3) is 0 Å². The van der Waals surface area contributed by atoms with E-state index in [1.807, 2.05) is 12.1 Å². The van der Waals surface area contributed by atoms with E-state index in [4.69, 9.17) is 4.74 Å². The van der Waals surface area contributed by atoms with E-state index in [9.17, 15) is 4.79 Å². The van der Waals surface area contributed by atoms with Gasteiger partial charge in [-0.25, -0.2) is 0 Å². The number of fused-ring (bicyclic) bond motifs is 1. The van der Waals surface area contributed by atoms with Crippen LogP contribution in [0.25, 0.3) is 10.1 Å². The Morgan fingerprint density at radius 2 is 2.12 bits per heavy atom. The molecule has 0 N–H and O–H groups in total. The first kappa shape index (κ1) is 10.00. The van der Waals surface area contributed by atoms with Crippen molar-refractivity contribution < 1.29 is 9.53 Å². The molecule has 0 aliphatic carbocycles. The zero-order valence-electron chi connectivity index (χ0n) is 9.03. The average Bonchev–Trinajstić information content (AvgIpc) is 2.61. The van der Waals surface area contributed by atoms with Crippen LogP contribution in [-0.4, -0.2) is 19.0 Å². The fourth-order valence-electron chi connectivity index (χ4n) is 2.20. The van der Waals surface area contributed by atoms with Crippen LogP contribution >= 0.6 is 11.3 Å². The van der Waals surface area contributed by atoms with Crippen molar-refractivity contribution in [3.8, 4) is 0 Å². The van der Waals surface area contributed by atoms with E-state index in [1.165, 1.54) is 10.1 Å². The molecule has 1 aliphatic rings. The summed E-state index contributed by atoms with van der Waals surface area (Å²) in [4.78, 5) is 11.8. The predicted octanol–water partition coefficient (Wildman–Crippen LogP) is 2.76. The highest BCUT2D eigenvalue weighted by atomic mass is 32.1. The molecule has 1 aromatic heterocycles. The Labute approximate surface area is 97.8 Å². The number of Topliss-reactive ketones (excluding diaryl/α,β-unsaturated/α-hetero) is 1. The van der Waals surface area contributed by atoms with Crippen molar-refractivity contribution in [2.24, 2.45) is 0 Å². The van der Waals surface area contributed by atoms with Gasteiger partial charge in [0.2, 0.25) is 0 Å². The van der Waals surface area contributed by atoms with Crippen molar-refractivity contribution in [2.45, 2.75) is 12.3 Å². The Morgan fingerprint density at radius 1 is 1.38 bits per heavy atom. The molecule has 1 aliphatic heterocycles. The van der Waals surface area contributed by atoms with Crippen LogP contribution in [0.4, 0.5) is 0 Å². The molecule has 0 atom stereocenters. The zero-order chi connectivity index (χ0) is 11.2. The molecule has 0 spiro atoms. The van der Waals surface area contributed by atoms with Crippen LogP contribution in [0.3, 0.4) is 0 Å². The summed E-state index contributed by atoms with van der Waals surface area (Å²) in [5.74, 6) is 0.210. The second kappa shape index (κ2) is 3.40. The van der Waals surface area contributed by atoms with Gasteiger partial charge in [0.1, 0.15) is 11.2 Å². The molecule has 0 bridgehead atoms. The summed E-state index contributed by atoms with van der Waals surface area (Å²) in [6.07, 6.45) is 0. The molecule has 1 saturated heterocycles. The minimum atomic E-state index is -0.375. The highest BCUT2D eigenvalue weighted by molar-refractivity contribution is 7.17. The fraction of sp³-hybridized carbons (Fsp3) is 0.308. The first-order valence-electron chi connectivity index (χ1n) is 5.29. The quantitative estimate of drug-likeness (QED) is 0.795. The smallest absolute Gasteiger partial charge is 0.145 e. The number of thiophene rings is 1. The van der Waals surface area contributed by atoms with Crippen LogP contribution in [0, 0.1) is 0 Å². The van der Waals surface area contributed by atoms with Crippen molar-refractivity contribution in [1.29, 1.82) is 0 Å². The number of carbonyl (C=O) groups excluding carboxylic acids is 1. The van der Waals surface area contributed by atoms with E-state index < -0.39 is 0 Å². The Hall–Kier alpha value is -1.19. The summed E-state index contributed by atoms with van der Waals surface area (Å²) >= 11 is 1.70. The van der Waals surface area contributed by atoms with Gasteiger partial charge in [-0.05, 0) is 29.3 Å². The maximum absolute atomic E-state index is 11.8. The van der Waals surface area contributed by atoms with Crippen molar-refractivity contribution >= 4 is 27.2 Å². The van der Waals surface area contributed by atoms with Crippen LogP contribution in [0.5, 0.6) is 0 Å². The summed E-state index contributed by atoms with van der Waals surface area (Å²) in [6, 6.07) is 8.23. The molecule has 3 heteroatoms. The lowest BCUT2D eigenvalue weighted by Gasteiger charge is -2.39. The topological polar surface area (TPSA) is 26.3 Å². The van der Waals surface area contributed by atoms with E-state index >= 15 is 0 Å². The Bertz CT molecular complexity index is 552. The lowest BCUT2D eigenvalue weighted by atomic mass is 9.75. The molecule has 0 amide bonds. The first-order chi connectivity index (χ1) is 7.74. The van der Waals surface area contributed by atoms with Gasteiger partial charge in [0.15, 0.2) is 0 Å². The van der Waals surface area contributed by atoms with E-state index in [1.54, 1.807) is 18.3 Å². The van der Waals surface area contributed by atoms with Crippen molar-refractivity contribution in [2.75, 3.05) is 13.2 Å². The molecule has 1 aromatic carbocycles. The standard InChI is InChI=1S/C13H12O2S/c1-9(14)13(7-15-8-13)11-6-16-12-5-3-2-4-10(11)12/h2-6H,7-8H2,1H3. The SMILES string of the molecule is CC(=O)C1(c2csc3ccccc23)COC1. The Kier molecular flexibility index (Phi) is 2.13. The number of ketones is 1. The second-order valence-electron chi connectivity index (χ2n) is 4.28. The molecule has 82 valence electrons. The molecular weight excluding hydrogens is 220 g/mol. The van der Waals surface area contributed by atoms with E-state index in [2.05, 4.69) is 17.5 Å². The van der Waals surface area contributed by atoms with Crippen LogP contribution in [-0.2, 0) is 14.9 Å². The maximum Gasteiger partial charge on any atom is 0.145 e. The molecule has 2 heterocycles. The predicted molar refractivity (Wildman–Crippen MR) is 65.0 cm³/mol. The summed E-state index contributed by atoms with van der Waals surface area (Å²) < 4.78 is 6.50. The van der Waals surface area contributed by atoms with Crippen LogP contribution in [0.15, 0.2) is 29.6 Å². The van der Waals surface area contributed by atoms with Crippen LogP contribution in [0.2, 0.25) is 0 Å². The summed E-state index contributed by atoms with van der Waals surface area (Å²) in [5.41, 5.74) is 0.770. The monoisotopic (exact) mass is 232 g/mol. The van der Waals surface area contributed by atoms with Gasteiger partial charge >= 0.3 is 0 Å². The number of rotatable bonds is 2. The number of ether oxygens (including phenoxy) is 1. The van der Waals surface area contributed by atoms with Gasteiger partial charge in [-0.2, -0.15) is 0 Å². The second-order valence-corrected chi connectivity index (χ2v) is 5.19. The lowest BCUT2D eigenvalue weighted by Crippen LogP contribution is -2.51. The highest BCUT2D eigenvalue weighted by Gasteiger charge is 2.46. The third kappa shape index (κ3) is 1.19. The van der Waals surface area contributed by atoms with Crippen LogP contribution in [0.1, 0.15) is 12.5 Å². The molecule has 0 radical (unpaired) electrons. The van der Waals surface area contributed by atoms with Crippen molar-refractivity contribution in [3.63, 3.8) is 0 Å². The van der Waals surface area contributed by atoms with Gasteiger partial charge in [0.05, 0.1) is 13.2 Å². The molecule has 16 heavy (non-hydrogen) atoms. The number of benzene rings is 1. The molecule has 0 unspecified atom stereocenters. The molecular formula is C13H12O2S. The molecule has 2 aromatic rings. The normalized spacial score (nSPS) is 18.3. The van der Waals surface area contributed by atoms with Gasteiger partial charge in [-0.3, -0.25) is 4.79 Å². The van der Waals surface area contributed by atoms with E-state index in [-0.39, 0.29) is 11.2 Å². The van der Waals surface area contributed by atoms with Gasteiger partial charge in [-0.1, -0.05) is 18.2 Å². The largest absolute Gasteiger partial charge is 0.378 e. The Balaban J connectivity index is 2.22. The molecule has 2 nitrogen and oxygen atoms in total. The van der Waals surface area contributed by atoms with Crippen molar-refractivity contribution in [1.82, 2.24) is 0 Å². The zero-order valence-corrected chi connectivity index (χ0v) is 9.84. The minimum Gasteiger partial charge on any atom is -0.378 e. The maximum atomic E-state index is 11.8. The van der Waals surface area contributed by atoms with E-state index in [0.717, 1.165) is 5.56 Å². The molecule has 1 fully saturated rings. The summed E-state index contributed by atoms with van der Waals surface area (Å²) in [6.45, 7) is 2.72. The Morgan fingerprint density at radius 3 is 2.75 bits per heavy atom. The van der Waals surface area contributed by atoms with E-state index in [0.29, 0.717) is 13.2 Å². The molecule has 0 saturated carbocycles.